The molecule has 0 aromatic heterocycles. The summed E-state index contributed by atoms with van der Waals surface area (Å²) in [4.78, 5) is 0. The minimum atomic E-state index is 0. The van der Waals surface area contributed by atoms with Crippen molar-refractivity contribution in [3.8, 4) is 0 Å². The van der Waals surface area contributed by atoms with E-state index in [1.54, 1.807) is 0 Å². The summed E-state index contributed by atoms with van der Waals surface area (Å²) in [5.41, 5.74) is 0. The normalized spacial score (nSPS) is 11.6. The highest BCUT2D eigenvalue weighted by Crippen LogP contribution is 2.13. The standard InChI is InChI=1S/C31H66NO.HI/c1-5-7-9-11-13-15-17-18-19-21-23-25-28-32(3,4)29-27-31-33-30-26-24-22-20-16-14-12-10-8-6-2;/h5-31H2,1-4H3;1H/q+1;/p-1. The maximum atomic E-state index is 5.91. The molecule has 0 radical (unpaired) electrons. The van der Waals surface area contributed by atoms with Crippen LogP contribution in [0.1, 0.15) is 162 Å². The second kappa shape index (κ2) is 29.9. The van der Waals surface area contributed by atoms with E-state index in [-0.39, 0.29) is 24.0 Å². The first kappa shape index (κ1) is 36.8. The third-order valence-electron chi connectivity index (χ3n) is 7.31. The van der Waals surface area contributed by atoms with Crippen molar-refractivity contribution in [2.75, 3.05) is 40.4 Å². The Hall–Kier alpha value is 0.650. The van der Waals surface area contributed by atoms with Crippen molar-refractivity contribution >= 4 is 0 Å². The molecule has 34 heavy (non-hydrogen) atoms. The Balaban J connectivity index is 0. The number of rotatable bonds is 28. The summed E-state index contributed by atoms with van der Waals surface area (Å²) in [6.45, 7) is 9.11. The van der Waals surface area contributed by atoms with Crippen LogP contribution in [0, 0.1) is 0 Å². The molecule has 0 unspecified atom stereocenters. The van der Waals surface area contributed by atoms with Crippen LogP contribution in [0.4, 0.5) is 0 Å². The zero-order valence-electron chi connectivity index (χ0n) is 24.3. The highest BCUT2D eigenvalue weighted by Gasteiger charge is 2.13. The average molecular weight is 596 g/mol. The van der Waals surface area contributed by atoms with Gasteiger partial charge in [-0.1, -0.05) is 136 Å². The fraction of sp³-hybridized carbons (Fsp3) is 1.00. The van der Waals surface area contributed by atoms with Crippen LogP contribution in [0.2, 0.25) is 0 Å². The highest BCUT2D eigenvalue weighted by molar-refractivity contribution is 4.50. The van der Waals surface area contributed by atoms with Gasteiger partial charge in [-0.05, 0) is 19.3 Å². The van der Waals surface area contributed by atoms with Crippen molar-refractivity contribution in [2.45, 2.75) is 162 Å². The van der Waals surface area contributed by atoms with Crippen LogP contribution in [0.3, 0.4) is 0 Å². The number of ether oxygens (including phenoxy) is 1. The van der Waals surface area contributed by atoms with Gasteiger partial charge < -0.3 is 33.2 Å². The SMILES string of the molecule is CCCCCCCCCCCCCC[N+](C)(C)CCCOCCCCCCCCCCCC.[I-]. The first-order valence-corrected chi connectivity index (χ1v) is 15.5. The van der Waals surface area contributed by atoms with E-state index in [9.17, 15) is 0 Å². The van der Waals surface area contributed by atoms with E-state index in [1.165, 1.54) is 165 Å². The molecular weight excluding hydrogens is 529 g/mol. The second-order valence-electron chi connectivity index (χ2n) is 11.4. The lowest BCUT2D eigenvalue weighted by molar-refractivity contribution is -0.890. The van der Waals surface area contributed by atoms with Gasteiger partial charge in [-0.3, -0.25) is 0 Å². The van der Waals surface area contributed by atoms with E-state index in [4.69, 9.17) is 4.74 Å². The van der Waals surface area contributed by atoms with Crippen molar-refractivity contribution in [3.63, 3.8) is 0 Å². The molecule has 0 atom stereocenters. The highest BCUT2D eigenvalue weighted by atomic mass is 127. The fourth-order valence-corrected chi connectivity index (χ4v) is 4.88. The molecule has 0 aliphatic carbocycles. The van der Waals surface area contributed by atoms with Crippen LogP contribution < -0.4 is 24.0 Å². The molecule has 2 nitrogen and oxygen atoms in total. The predicted octanol–water partition coefficient (Wildman–Crippen LogP) is 7.10. The molecule has 0 bridgehead atoms. The Morgan fingerprint density at radius 3 is 1.09 bits per heavy atom. The summed E-state index contributed by atoms with van der Waals surface area (Å²) in [6, 6.07) is 0. The quantitative estimate of drug-likeness (QED) is 0.0533. The van der Waals surface area contributed by atoms with Crippen LogP contribution in [0.15, 0.2) is 0 Å². The average Bonchev–Trinajstić information content (AvgIpc) is 2.80. The van der Waals surface area contributed by atoms with Gasteiger partial charge in [-0.15, -0.1) is 0 Å². The van der Waals surface area contributed by atoms with Gasteiger partial charge in [0.2, 0.25) is 0 Å². The van der Waals surface area contributed by atoms with E-state index in [0.29, 0.717) is 0 Å². The lowest BCUT2D eigenvalue weighted by Crippen LogP contribution is -3.00. The minimum absolute atomic E-state index is 0. The van der Waals surface area contributed by atoms with Crippen LogP contribution >= 0.6 is 0 Å². The zero-order valence-corrected chi connectivity index (χ0v) is 26.5. The summed E-state index contributed by atoms with van der Waals surface area (Å²) >= 11 is 0. The molecular formula is C31H66INO. The molecule has 0 rings (SSSR count). The van der Waals surface area contributed by atoms with Gasteiger partial charge >= 0.3 is 0 Å². The molecule has 0 amide bonds. The summed E-state index contributed by atoms with van der Waals surface area (Å²) in [5.74, 6) is 0. The maximum absolute atomic E-state index is 5.91. The van der Waals surface area contributed by atoms with E-state index < -0.39 is 0 Å². The molecule has 3 heteroatoms. The smallest absolute Gasteiger partial charge is 0.0804 e. The predicted molar refractivity (Wildman–Crippen MR) is 150 cm³/mol. The summed E-state index contributed by atoms with van der Waals surface area (Å²) in [7, 11) is 4.81. The zero-order chi connectivity index (χ0) is 24.3. The van der Waals surface area contributed by atoms with Crippen molar-refractivity contribution in [1.29, 1.82) is 0 Å². The summed E-state index contributed by atoms with van der Waals surface area (Å²) in [6.07, 6.45) is 32.5. The first-order valence-electron chi connectivity index (χ1n) is 15.5. The summed E-state index contributed by atoms with van der Waals surface area (Å²) in [5, 5.41) is 0. The van der Waals surface area contributed by atoms with Crippen molar-refractivity contribution < 1.29 is 33.2 Å². The number of nitrogens with zero attached hydrogens (tertiary/aromatic N) is 1. The largest absolute Gasteiger partial charge is 1.00 e. The van der Waals surface area contributed by atoms with Crippen molar-refractivity contribution in [2.24, 2.45) is 0 Å². The van der Waals surface area contributed by atoms with E-state index in [1.807, 2.05) is 0 Å². The number of halogens is 1. The van der Waals surface area contributed by atoms with E-state index >= 15 is 0 Å². The molecule has 0 spiro atoms. The van der Waals surface area contributed by atoms with Gasteiger partial charge in [0.1, 0.15) is 0 Å². The Morgan fingerprint density at radius 2 is 0.676 bits per heavy atom. The lowest BCUT2D eigenvalue weighted by Gasteiger charge is -2.29. The number of quaternary nitrogens is 1. The van der Waals surface area contributed by atoms with Gasteiger partial charge in [0, 0.05) is 13.0 Å². The molecule has 0 N–H and O–H groups in total. The Labute approximate surface area is 234 Å². The topological polar surface area (TPSA) is 9.23 Å². The van der Waals surface area contributed by atoms with Gasteiger partial charge in [0.05, 0.1) is 33.8 Å². The number of hydrogen-bond donors (Lipinski definition) is 0. The maximum Gasteiger partial charge on any atom is 0.0804 e. The molecule has 0 fully saturated rings. The molecule has 208 valence electrons. The Bertz CT molecular complexity index is 361. The van der Waals surface area contributed by atoms with Crippen LogP contribution in [0.25, 0.3) is 0 Å². The first-order chi connectivity index (χ1) is 16.1. The minimum Gasteiger partial charge on any atom is -1.00 e. The number of unbranched alkanes of at least 4 members (excludes halogenated alkanes) is 20. The molecule has 0 aliphatic rings. The molecule has 0 aliphatic heterocycles. The Kier molecular flexibility index (Phi) is 32.3. The molecule has 0 saturated heterocycles. The van der Waals surface area contributed by atoms with E-state index in [0.717, 1.165) is 13.2 Å². The third kappa shape index (κ3) is 30.7. The van der Waals surface area contributed by atoms with Gasteiger partial charge in [-0.2, -0.15) is 0 Å². The monoisotopic (exact) mass is 595 g/mol. The van der Waals surface area contributed by atoms with Crippen molar-refractivity contribution in [1.82, 2.24) is 0 Å². The van der Waals surface area contributed by atoms with Crippen LogP contribution in [-0.2, 0) is 4.74 Å². The molecule has 0 aromatic rings. The summed E-state index contributed by atoms with van der Waals surface area (Å²) < 4.78 is 7.07. The lowest BCUT2D eigenvalue weighted by atomic mass is 10.1. The van der Waals surface area contributed by atoms with Crippen molar-refractivity contribution in [3.05, 3.63) is 0 Å². The third-order valence-corrected chi connectivity index (χ3v) is 7.31. The van der Waals surface area contributed by atoms with E-state index in [2.05, 4.69) is 27.9 Å². The van der Waals surface area contributed by atoms with Gasteiger partial charge in [-0.25, -0.2) is 0 Å². The number of hydrogen-bond acceptors (Lipinski definition) is 1. The van der Waals surface area contributed by atoms with Gasteiger partial charge in [0.25, 0.3) is 0 Å². The molecule has 0 aromatic carbocycles. The Morgan fingerprint density at radius 1 is 0.382 bits per heavy atom. The molecule has 0 heterocycles. The fourth-order valence-electron chi connectivity index (χ4n) is 4.88. The van der Waals surface area contributed by atoms with Crippen LogP contribution in [0.5, 0.6) is 0 Å². The van der Waals surface area contributed by atoms with Gasteiger partial charge in [0.15, 0.2) is 0 Å². The molecule has 0 saturated carbocycles. The van der Waals surface area contributed by atoms with Crippen LogP contribution in [-0.4, -0.2) is 44.9 Å². The second-order valence-corrected chi connectivity index (χ2v) is 11.4.